The molecule has 0 unspecified atom stereocenters. The van der Waals surface area contributed by atoms with E-state index in [0.29, 0.717) is 10.6 Å². The molecule has 0 heterocycles. The van der Waals surface area contributed by atoms with Gasteiger partial charge in [0.1, 0.15) is 5.82 Å². The lowest BCUT2D eigenvalue weighted by molar-refractivity contribution is -0.123. The molecule has 1 aromatic carbocycles. The predicted octanol–water partition coefficient (Wildman–Crippen LogP) is 1.83. The Bertz CT molecular complexity index is 387. The number of nitrogens with two attached hydrogens (primary N) is 1. The maximum absolute atomic E-state index is 13.4. The Kier molecular flexibility index (Phi) is 3.88. The van der Waals surface area contributed by atoms with Gasteiger partial charge in [-0.1, -0.05) is 17.7 Å². The molecule has 1 rings (SSSR count). The smallest absolute Gasteiger partial charge is 0.237 e. The predicted molar refractivity (Wildman–Crippen MR) is 61.5 cm³/mol. The van der Waals surface area contributed by atoms with E-state index in [0.717, 1.165) is 0 Å². The highest BCUT2D eigenvalue weighted by Gasteiger charge is 2.24. The number of nitrogens with one attached hydrogen (secondary N) is 1. The van der Waals surface area contributed by atoms with Crippen molar-refractivity contribution in [3.8, 4) is 0 Å². The van der Waals surface area contributed by atoms with Crippen molar-refractivity contribution < 1.29 is 9.18 Å². The second-order valence-electron chi connectivity index (χ2n) is 4.04. The van der Waals surface area contributed by atoms with Gasteiger partial charge in [0, 0.05) is 17.1 Å². The summed E-state index contributed by atoms with van der Waals surface area (Å²) in [6.45, 7) is 3.41. The van der Waals surface area contributed by atoms with Gasteiger partial charge in [-0.3, -0.25) is 10.1 Å². The monoisotopic (exact) mass is 244 g/mol. The van der Waals surface area contributed by atoms with E-state index in [9.17, 15) is 9.18 Å². The van der Waals surface area contributed by atoms with E-state index in [4.69, 9.17) is 17.3 Å². The summed E-state index contributed by atoms with van der Waals surface area (Å²) in [4.78, 5) is 11.0. The molecule has 0 radical (unpaired) electrons. The van der Waals surface area contributed by atoms with Gasteiger partial charge in [0.05, 0.1) is 5.54 Å². The van der Waals surface area contributed by atoms with E-state index in [1.165, 1.54) is 12.1 Å². The Morgan fingerprint density at radius 3 is 2.69 bits per heavy atom. The third kappa shape index (κ3) is 2.93. The van der Waals surface area contributed by atoms with Gasteiger partial charge < -0.3 is 5.73 Å². The van der Waals surface area contributed by atoms with E-state index >= 15 is 0 Å². The summed E-state index contributed by atoms with van der Waals surface area (Å²) in [7, 11) is 0. The highest BCUT2D eigenvalue weighted by molar-refractivity contribution is 6.31. The molecular weight excluding hydrogens is 231 g/mol. The molecule has 3 N–H and O–H groups in total. The molecule has 0 aliphatic rings. The van der Waals surface area contributed by atoms with Crippen molar-refractivity contribution in [2.45, 2.75) is 25.9 Å². The van der Waals surface area contributed by atoms with Crippen molar-refractivity contribution >= 4 is 17.5 Å². The Morgan fingerprint density at radius 1 is 1.56 bits per heavy atom. The van der Waals surface area contributed by atoms with E-state index in [1.807, 2.05) is 0 Å². The molecule has 16 heavy (non-hydrogen) atoms. The van der Waals surface area contributed by atoms with Crippen LogP contribution in [0.25, 0.3) is 0 Å². The van der Waals surface area contributed by atoms with E-state index in [-0.39, 0.29) is 6.54 Å². The molecule has 0 saturated carbocycles. The first-order valence-corrected chi connectivity index (χ1v) is 5.20. The summed E-state index contributed by atoms with van der Waals surface area (Å²) in [6, 6.07) is 4.44. The van der Waals surface area contributed by atoms with Crippen LogP contribution >= 0.6 is 11.6 Å². The van der Waals surface area contributed by atoms with Crippen LogP contribution in [0, 0.1) is 5.82 Å². The van der Waals surface area contributed by atoms with Crippen LogP contribution in [0.3, 0.4) is 0 Å². The first-order valence-electron chi connectivity index (χ1n) is 4.82. The molecule has 0 saturated heterocycles. The fraction of sp³-hybridized carbons (Fsp3) is 0.364. The lowest BCUT2D eigenvalue weighted by Gasteiger charge is -2.22. The number of rotatable bonds is 4. The summed E-state index contributed by atoms with van der Waals surface area (Å²) in [5, 5.41) is 3.18. The minimum atomic E-state index is -0.897. The van der Waals surface area contributed by atoms with Crippen LogP contribution in [0.15, 0.2) is 18.2 Å². The molecule has 1 amide bonds. The summed E-state index contributed by atoms with van der Waals surface area (Å²) in [5.74, 6) is -0.903. The zero-order chi connectivity index (χ0) is 12.3. The minimum Gasteiger partial charge on any atom is -0.368 e. The fourth-order valence-corrected chi connectivity index (χ4v) is 1.33. The molecular formula is C11H14ClFN2O. The fourth-order valence-electron chi connectivity index (χ4n) is 1.10. The highest BCUT2D eigenvalue weighted by atomic mass is 35.5. The number of hydrogen-bond donors (Lipinski definition) is 2. The number of primary amides is 1. The van der Waals surface area contributed by atoms with Gasteiger partial charge in [0.2, 0.25) is 5.91 Å². The number of benzene rings is 1. The Labute approximate surface area is 98.8 Å². The second-order valence-corrected chi connectivity index (χ2v) is 4.45. The van der Waals surface area contributed by atoms with Crippen molar-refractivity contribution in [3.63, 3.8) is 0 Å². The van der Waals surface area contributed by atoms with Gasteiger partial charge in [0.25, 0.3) is 0 Å². The van der Waals surface area contributed by atoms with Crippen molar-refractivity contribution in [1.82, 2.24) is 5.32 Å². The normalized spacial score (nSPS) is 11.5. The minimum absolute atomic E-state index is 0.154. The van der Waals surface area contributed by atoms with Gasteiger partial charge >= 0.3 is 0 Å². The van der Waals surface area contributed by atoms with Crippen molar-refractivity contribution in [1.29, 1.82) is 0 Å². The maximum atomic E-state index is 13.4. The highest BCUT2D eigenvalue weighted by Crippen LogP contribution is 2.19. The number of amides is 1. The average molecular weight is 245 g/mol. The van der Waals surface area contributed by atoms with E-state index in [1.54, 1.807) is 19.9 Å². The Morgan fingerprint density at radius 2 is 2.19 bits per heavy atom. The SMILES string of the molecule is CC(C)(NCc1c(F)cccc1Cl)C(N)=O. The lowest BCUT2D eigenvalue weighted by atomic mass is 10.0. The molecule has 0 fully saturated rings. The largest absolute Gasteiger partial charge is 0.368 e. The van der Waals surface area contributed by atoms with Crippen LogP contribution < -0.4 is 11.1 Å². The third-order valence-electron chi connectivity index (χ3n) is 2.38. The van der Waals surface area contributed by atoms with Crippen LogP contribution in [0.4, 0.5) is 4.39 Å². The summed E-state index contributed by atoms with van der Waals surface area (Å²) in [6.07, 6.45) is 0. The van der Waals surface area contributed by atoms with Gasteiger partial charge in [-0.25, -0.2) is 4.39 Å². The number of carbonyl (C=O) groups excluding carboxylic acids is 1. The molecule has 0 bridgehead atoms. The van der Waals surface area contributed by atoms with Crippen molar-refractivity contribution in [3.05, 3.63) is 34.6 Å². The van der Waals surface area contributed by atoms with Gasteiger partial charge in [-0.15, -0.1) is 0 Å². The second kappa shape index (κ2) is 4.80. The quantitative estimate of drug-likeness (QED) is 0.849. The summed E-state index contributed by atoms with van der Waals surface area (Å²) < 4.78 is 13.4. The van der Waals surface area contributed by atoms with Gasteiger partial charge in [-0.2, -0.15) is 0 Å². The van der Waals surface area contributed by atoms with E-state index in [2.05, 4.69) is 5.32 Å². The van der Waals surface area contributed by atoms with Crippen LogP contribution in [-0.2, 0) is 11.3 Å². The summed E-state index contributed by atoms with van der Waals surface area (Å²) in [5.41, 5.74) is 4.62. The van der Waals surface area contributed by atoms with E-state index < -0.39 is 17.3 Å². The van der Waals surface area contributed by atoms with Crippen molar-refractivity contribution in [2.75, 3.05) is 0 Å². The molecule has 88 valence electrons. The average Bonchev–Trinajstić information content (AvgIpc) is 2.16. The standard InChI is InChI=1S/C11H14ClFN2O/c1-11(2,10(14)16)15-6-7-8(12)4-3-5-9(7)13/h3-5,15H,6H2,1-2H3,(H2,14,16). The first-order chi connectivity index (χ1) is 7.34. The molecule has 0 aromatic heterocycles. The zero-order valence-electron chi connectivity index (χ0n) is 9.18. The first kappa shape index (κ1) is 12.9. The Balaban J connectivity index is 2.79. The topological polar surface area (TPSA) is 55.1 Å². The van der Waals surface area contributed by atoms with Crippen LogP contribution in [0.5, 0.6) is 0 Å². The Hall–Kier alpha value is -1.13. The van der Waals surface area contributed by atoms with Crippen molar-refractivity contribution in [2.24, 2.45) is 5.73 Å². The molecule has 5 heteroatoms. The molecule has 3 nitrogen and oxygen atoms in total. The molecule has 0 atom stereocenters. The molecule has 0 spiro atoms. The lowest BCUT2D eigenvalue weighted by Crippen LogP contribution is -2.50. The molecule has 1 aromatic rings. The number of carbonyl (C=O) groups is 1. The maximum Gasteiger partial charge on any atom is 0.237 e. The van der Waals surface area contributed by atoms with Gasteiger partial charge in [-0.05, 0) is 26.0 Å². The molecule has 0 aliphatic carbocycles. The van der Waals surface area contributed by atoms with Crippen LogP contribution in [0.2, 0.25) is 5.02 Å². The zero-order valence-corrected chi connectivity index (χ0v) is 9.94. The van der Waals surface area contributed by atoms with Gasteiger partial charge in [0.15, 0.2) is 0 Å². The summed E-state index contributed by atoms with van der Waals surface area (Å²) >= 11 is 5.84. The molecule has 0 aliphatic heterocycles. The van der Waals surface area contributed by atoms with Crippen LogP contribution in [0.1, 0.15) is 19.4 Å². The number of halogens is 2. The third-order valence-corrected chi connectivity index (χ3v) is 2.74. The van der Waals surface area contributed by atoms with Crippen LogP contribution in [-0.4, -0.2) is 11.4 Å². The number of hydrogen-bond acceptors (Lipinski definition) is 2.